The third-order valence-corrected chi connectivity index (χ3v) is 4.62. The molecule has 3 aliphatic rings. The van der Waals surface area contributed by atoms with Gasteiger partial charge in [0.1, 0.15) is 0 Å². The molecule has 2 atom stereocenters. The number of rotatable bonds is 5. The monoisotopic (exact) mass is 266 g/mol. The van der Waals surface area contributed by atoms with Gasteiger partial charge in [-0.2, -0.15) is 0 Å². The van der Waals surface area contributed by atoms with E-state index >= 15 is 0 Å². The number of hydrazine groups is 1. The number of amides is 1. The van der Waals surface area contributed by atoms with Crippen LogP contribution >= 0.6 is 0 Å². The molecule has 0 spiro atoms. The summed E-state index contributed by atoms with van der Waals surface area (Å²) < 4.78 is 0. The molecule has 2 unspecified atom stereocenters. The molecular formula is C14H26N4O. The highest BCUT2D eigenvalue weighted by atomic mass is 16.2. The van der Waals surface area contributed by atoms with Crippen molar-refractivity contribution in [1.29, 1.82) is 0 Å². The lowest BCUT2D eigenvalue weighted by Gasteiger charge is -2.23. The highest BCUT2D eigenvalue weighted by Crippen LogP contribution is 2.35. The maximum Gasteiger partial charge on any atom is 0.235 e. The third-order valence-electron chi connectivity index (χ3n) is 4.62. The van der Waals surface area contributed by atoms with Gasteiger partial charge in [-0.15, -0.1) is 0 Å². The van der Waals surface area contributed by atoms with Crippen molar-refractivity contribution < 1.29 is 4.79 Å². The second-order valence-corrected chi connectivity index (χ2v) is 6.30. The van der Waals surface area contributed by atoms with Gasteiger partial charge in [0.15, 0.2) is 0 Å². The molecule has 0 aromatic carbocycles. The van der Waals surface area contributed by atoms with Gasteiger partial charge < -0.3 is 10.6 Å². The molecule has 4 N–H and O–H groups in total. The molecular weight excluding hydrogens is 240 g/mol. The Morgan fingerprint density at radius 2 is 1.84 bits per heavy atom. The molecule has 0 radical (unpaired) electrons. The SMILES string of the molecule is O=C(CNC1CCCCC1)NC1CC(C2CC2)NN1. The lowest BCUT2D eigenvalue weighted by molar-refractivity contribution is -0.121. The Bertz CT molecular complexity index is 313. The van der Waals surface area contributed by atoms with Crippen molar-refractivity contribution in [1.82, 2.24) is 21.5 Å². The summed E-state index contributed by atoms with van der Waals surface area (Å²) in [6.45, 7) is 0.455. The summed E-state index contributed by atoms with van der Waals surface area (Å²) in [4.78, 5) is 11.9. The topological polar surface area (TPSA) is 65.2 Å². The fourth-order valence-electron chi connectivity index (χ4n) is 3.27. The van der Waals surface area contributed by atoms with Crippen molar-refractivity contribution in [2.75, 3.05) is 6.54 Å². The van der Waals surface area contributed by atoms with Gasteiger partial charge in [0.25, 0.3) is 0 Å². The lowest BCUT2D eigenvalue weighted by atomic mass is 9.95. The van der Waals surface area contributed by atoms with Gasteiger partial charge in [0, 0.05) is 12.1 Å². The fraction of sp³-hybridized carbons (Fsp3) is 0.929. The van der Waals surface area contributed by atoms with Gasteiger partial charge in [0.05, 0.1) is 12.7 Å². The van der Waals surface area contributed by atoms with E-state index in [1.165, 1.54) is 44.9 Å². The second-order valence-electron chi connectivity index (χ2n) is 6.30. The van der Waals surface area contributed by atoms with Gasteiger partial charge in [-0.1, -0.05) is 19.3 Å². The summed E-state index contributed by atoms with van der Waals surface area (Å²) in [5.41, 5.74) is 6.48. The van der Waals surface area contributed by atoms with Crippen molar-refractivity contribution in [3.8, 4) is 0 Å². The lowest BCUT2D eigenvalue weighted by Crippen LogP contribution is -2.48. The largest absolute Gasteiger partial charge is 0.338 e. The molecule has 2 aliphatic carbocycles. The normalized spacial score (nSPS) is 32.4. The number of carbonyl (C=O) groups excluding carboxylic acids is 1. The third kappa shape index (κ3) is 3.91. The molecule has 0 bridgehead atoms. The van der Waals surface area contributed by atoms with E-state index < -0.39 is 0 Å². The van der Waals surface area contributed by atoms with E-state index in [4.69, 9.17) is 0 Å². The summed E-state index contributed by atoms with van der Waals surface area (Å²) in [7, 11) is 0. The maximum atomic E-state index is 11.9. The zero-order valence-electron chi connectivity index (χ0n) is 11.6. The first-order valence-corrected chi connectivity index (χ1v) is 7.85. The van der Waals surface area contributed by atoms with Crippen LogP contribution in [0.1, 0.15) is 51.4 Å². The predicted molar refractivity (Wildman–Crippen MR) is 74.2 cm³/mol. The number of nitrogens with one attached hydrogen (secondary N) is 4. The van der Waals surface area contributed by atoms with E-state index in [0.29, 0.717) is 18.6 Å². The summed E-state index contributed by atoms with van der Waals surface area (Å²) >= 11 is 0. The molecule has 5 heteroatoms. The molecule has 5 nitrogen and oxygen atoms in total. The molecule has 2 saturated carbocycles. The standard InChI is InChI=1S/C14H26N4O/c19-14(9-15-11-4-2-1-3-5-11)16-13-8-12(17-18-13)10-6-7-10/h10-13,15,17-18H,1-9H2,(H,16,19). The Labute approximate surface area is 115 Å². The minimum atomic E-state index is 0.103. The van der Waals surface area contributed by atoms with Crippen LogP contribution in [-0.2, 0) is 4.79 Å². The van der Waals surface area contributed by atoms with Gasteiger partial charge in [-0.25, -0.2) is 5.43 Å². The number of hydrogen-bond donors (Lipinski definition) is 4. The average Bonchev–Trinajstić information content (AvgIpc) is 3.19. The van der Waals surface area contributed by atoms with Gasteiger partial charge >= 0.3 is 0 Å². The summed E-state index contributed by atoms with van der Waals surface area (Å²) in [5, 5.41) is 6.44. The highest BCUT2D eigenvalue weighted by molar-refractivity contribution is 5.78. The van der Waals surface area contributed by atoms with Gasteiger partial charge in [-0.05, 0) is 38.0 Å². The number of carbonyl (C=O) groups is 1. The molecule has 0 aromatic rings. The Kier molecular flexibility index (Phi) is 4.35. The van der Waals surface area contributed by atoms with Crippen LogP contribution in [-0.4, -0.2) is 30.7 Å². The average molecular weight is 266 g/mol. The van der Waals surface area contributed by atoms with E-state index in [9.17, 15) is 4.79 Å². The van der Waals surface area contributed by atoms with Crippen molar-refractivity contribution in [3.63, 3.8) is 0 Å². The van der Waals surface area contributed by atoms with Crippen molar-refractivity contribution in [3.05, 3.63) is 0 Å². The van der Waals surface area contributed by atoms with Crippen LogP contribution in [0.4, 0.5) is 0 Å². The van der Waals surface area contributed by atoms with Crippen molar-refractivity contribution in [2.45, 2.75) is 69.6 Å². The molecule has 3 rings (SSSR count). The Morgan fingerprint density at radius 3 is 2.58 bits per heavy atom. The van der Waals surface area contributed by atoms with Crippen LogP contribution in [0.25, 0.3) is 0 Å². The first-order chi connectivity index (χ1) is 9.31. The van der Waals surface area contributed by atoms with E-state index in [1.807, 2.05) is 0 Å². The summed E-state index contributed by atoms with van der Waals surface area (Å²) in [6, 6.07) is 1.10. The van der Waals surface area contributed by atoms with E-state index in [0.717, 1.165) is 12.3 Å². The Morgan fingerprint density at radius 1 is 1.05 bits per heavy atom. The molecule has 19 heavy (non-hydrogen) atoms. The minimum absolute atomic E-state index is 0.103. The summed E-state index contributed by atoms with van der Waals surface area (Å²) in [6.07, 6.45) is 10.2. The molecule has 0 aromatic heterocycles. The number of hydrogen-bond acceptors (Lipinski definition) is 4. The van der Waals surface area contributed by atoms with Gasteiger partial charge in [-0.3, -0.25) is 10.2 Å². The maximum absolute atomic E-state index is 11.9. The first-order valence-electron chi connectivity index (χ1n) is 7.85. The van der Waals surface area contributed by atoms with E-state index in [2.05, 4.69) is 21.5 Å². The van der Waals surface area contributed by atoms with Crippen LogP contribution in [0.5, 0.6) is 0 Å². The molecule has 108 valence electrons. The van der Waals surface area contributed by atoms with Crippen LogP contribution in [0.15, 0.2) is 0 Å². The predicted octanol–water partition coefficient (Wildman–Crippen LogP) is 0.628. The van der Waals surface area contributed by atoms with Crippen LogP contribution in [0.3, 0.4) is 0 Å². The van der Waals surface area contributed by atoms with Crippen molar-refractivity contribution in [2.24, 2.45) is 5.92 Å². The molecule has 3 fully saturated rings. The molecule has 1 amide bonds. The summed E-state index contributed by atoms with van der Waals surface area (Å²) in [5.74, 6) is 0.941. The first kappa shape index (κ1) is 13.3. The minimum Gasteiger partial charge on any atom is -0.338 e. The zero-order valence-corrected chi connectivity index (χ0v) is 11.6. The quantitative estimate of drug-likeness (QED) is 0.589. The zero-order chi connectivity index (χ0) is 13.1. The molecule has 1 aliphatic heterocycles. The van der Waals surface area contributed by atoms with Crippen LogP contribution in [0.2, 0.25) is 0 Å². The Balaban J connectivity index is 1.32. The highest BCUT2D eigenvalue weighted by Gasteiger charge is 2.36. The molecule has 1 saturated heterocycles. The smallest absolute Gasteiger partial charge is 0.235 e. The Hall–Kier alpha value is -0.650. The van der Waals surface area contributed by atoms with Gasteiger partial charge in [0.2, 0.25) is 5.91 Å². The van der Waals surface area contributed by atoms with E-state index in [1.54, 1.807) is 0 Å². The fourth-order valence-corrected chi connectivity index (χ4v) is 3.27. The van der Waals surface area contributed by atoms with Crippen LogP contribution < -0.4 is 21.5 Å². The van der Waals surface area contributed by atoms with E-state index in [-0.39, 0.29) is 12.1 Å². The second kappa shape index (κ2) is 6.20. The molecule has 1 heterocycles. The van der Waals surface area contributed by atoms with Crippen LogP contribution in [0, 0.1) is 5.92 Å². The van der Waals surface area contributed by atoms with Crippen molar-refractivity contribution >= 4 is 5.91 Å².